The molecule has 1 spiro atoms. The highest BCUT2D eigenvalue weighted by molar-refractivity contribution is 6.06. The van der Waals surface area contributed by atoms with Crippen LogP contribution in [0.25, 0.3) is 61.8 Å². The molecule has 12 rings (SSSR count). The number of hydrogen-bond acceptors (Lipinski definition) is 5. The summed E-state index contributed by atoms with van der Waals surface area (Å²) in [5, 5.41) is 21.9. The van der Waals surface area contributed by atoms with Crippen LogP contribution in [0.2, 0.25) is 0 Å². The maximum absolute atomic E-state index is 10.4. The van der Waals surface area contributed by atoms with Gasteiger partial charge < -0.3 is 4.90 Å². The van der Waals surface area contributed by atoms with Gasteiger partial charge in [-0.15, -0.1) is 0 Å². The van der Waals surface area contributed by atoms with E-state index in [0.29, 0.717) is 17.0 Å². The number of benzene rings is 8. The molecule has 6 heteroatoms. The standard InChI is InChI=1S/C57H34N6/c58-35-37-25-28-44-45-29-26-38(36-59)32-50(45)57(49(44)31-37)48-24-14-13-23-46(48)55-54(57)47-30-27-43(62(41-19-9-3-10-20-41)42-21-11-4-12-22-42)33-52(47)63(55)53-34-51(39-15-5-1-6-16-39)60-56(61-53)40-17-7-2-8-18-40/h1-34H. The molecule has 0 saturated heterocycles. The molecule has 0 saturated carbocycles. The molecule has 292 valence electrons. The van der Waals surface area contributed by atoms with E-state index in [-0.39, 0.29) is 0 Å². The van der Waals surface area contributed by atoms with Gasteiger partial charge in [-0.3, -0.25) is 4.57 Å². The third-order valence-corrected chi connectivity index (χ3v) is 12.6. The topological polar surface area (TPSA) is 81.5 Å². The van der Waals surface area contributed by atoms with Crippen molar-refractivity contribution in [2.24, 2.45) is 0 Å². The zero-order valence-electron chi connectivity index (χ0n) is 33.8. The van der Waals surface area contributed by atoms with Gasteiger partial charge in [0, 0.05) is 50.8 Å². The van der Waals surface area contributed by atoms with Crippen LogP contribution in [0.15, 0.2) is 206 Å². The van der Waals surface area contributed by atoms with Crippen molar-refractivity contribution in [3.05, 3.63) is 240 Å². The molecule has 0 N–H and O–H groups in total. The number of para-hydroxylation sites is 2. The van der Waals surface area contributed by atoms with E-state index in [1.807, 2.05) is 60.7 Å². The minimum Gasteiger partial charge on any atom is -0.310 e. The van der Waals surface area contributed by atoms with Gasteiger partial charge in [0.15, 0.2) is 5.82 Å². The molecule has 2 aromatic heterocycles. The van der Waals surface area contributed by atoms with Crippen molar-refractivity contribution in [3.63, 3.8) is 0 Å². The molecule has 2 aliphatic carbocycles. The summed E-state index contributed by atoms with van der Waals surface area (Å²) in [6.45, 7) is 0. The van der Waals surface area contributed by atoms with Crippen molar-refractivity contribution in [1.29, 1.82) is 10.5 Å². The highest BCUT2D eigenvalue weighted by Gasteiger charge is 2.54. The molecule has 0 aliphatic heterocycles. The van der Waals surface area contributed by atoms with Crippen molar-refractivity contribution in [1.82, 2.24) is 14.5 Å². The van der Waals surface area contributed by atoms with Crippen molar-refractivity contribution in [2.45, 2.75) is 5.41 Å². The SMILES string of the molecule is N#Cc1ccc2c(c1)C1(c3cc(C#N)ccc3-2)c2ccccc2-c2c1c1ccc(N(c3ccccc3)c3ccccc3)cc1n2-c1cc(-c2ccccc2)nc(-c2ccccc2)n1. The Morgan fingerprint density at radius 3 is 1.62 bits per heavy atom. The third kappa shape index (κ3) is 5.36. The smallest absolute Gasteiger partial charge is 0.162 e. The molecule has 0 atom stereocenters. The van der Waals surface area contributed by atoms with Crippen LogP contribution < -0.4 is 4.90 Å². The summed E-state index contributed by atoms with van der Waals surface area (Å²) in [5.41, 5.74) is 15.4. The fourth-order valence-electron chi connectivity index (χ4n) is 10.1. The van der Waals surface area contributed by atoms with Crippen molar-refractivity contribution >= 4 is 28.0 Å². The van der Waals surface area contributed by atoms with Gasteiger partial charge in [-0.2, -0.15) is 10.5 Å². The van der Waals surface area contributed by atoms with Crippen LogP contribution in [-0.2, 0) is 5.41 Å². The maximum atomic E-state index is 10.4. The Hall–Kier alpha value is -8.84. The Morgan fingerprint density at radius 1 is 0.460 bits per heavy atom. The predicted octanol–water partition coefficient (Wildman–Crippen LogP) is 13.3. The molecule has 10 aromatic rings. The van der Waals surface area contributed by atoms with Crippen molar-refractivity contribution in [3.8, 4) is 63.0 Å². The number of nitrogens with zero attached hydrogens (tertiary/aromatic N) is 6. The molecule has 0 unspecified atom stereocenters. The van der Waals surface area contributed by atoms with Gasteiger partial charge in [-0.25, -0.2) is 9.97 Å². The second-order valence-electron chi connectivity index (χ2n) is 16.0. The molecular formula is C57H34N6. The number of hydrogen-bond donors (Lipinski definition) is 0. The zero-order valence-corrected chi connectivity index (χ0v) is 33.8. The summed E-state index contributed by atoms with van der Waals surface area (Å²) in [6.07, 6.45) is 0. The van der Waals surface area contributed by atoms with Gasteiger partial charge in [0.05, 0.1) is 45.6 Å². The van der Waals surface area contributed by atoms with Crippen LogP contribution >= 0.6 is 0 Å². The van der Waals surface area contributed by atoms with Crippen molar-refractivity contribution < 1.29 is 0 Å². The molecule has 0 radical (unpaired) electrons. The molecule has 2 heterocycles. The quantitative estimate of drug-likeness (QED) is 0.167. The van der Waals surface area contributed by atoms with Crippen LogP contribution in [0.4, 0.5) is 17.1 Å². The van der Waals surface area contributed by atoms with Crippen LogP contribution in [0.3, 0.4) is 0 Å². The van der Waals surface area contributed by atoms with Gasteiger partial charge in [0.1, 0.15) is 5.82 Å². The Labute approximate surface area is 364 Å². The first-order chi connectivity index (χ1) is 31.1. The average Bonchev–Trinajstić information content (AvgIpc) is 3.96. The van der Waals surface area contributed by atoms with Crippen LogP contribution in [0.5, 0.6) is 0 Å². The van der Waals surface area contributed by atoms with Gasteiger partial charge in [-0.05, 0) is 88.5 Å². The lowest BCUT2D eigenvalue weighted by atomic mass is 9.69. The Bertz CT molecular complexity index is 3370. The molecule has 8 aromatic carbocycles. The number of fused-ring (bicyclic) bond motifs is 12. The normalized spacial score (nSPS) is 12.5. The van der Waals surface area contributed by atoms with Gasteiger partial charge in [-0.1, -0.05) is 140 Å². The van der Waals surface area contributed by atoms with Crippen LogP contribution in [0, 0.1) is 22.7 Å². The number of nitriles is 2. The fraction of sp³-hybridized carbons (Fsp3) is 0.0175. The van der Waals surface area contributed by atoms with E-state index in [1.165, 1.54) is 0 Å². The molecule has 0 bridgehead atoms. The highest BCUT2D eigenvalue weighted by atomic mass is 15.2. The number of aromatic nitrogens is 3. The largest absolute Gasteiger partial charge is 0.310 e. The molecule has 0 amide bonds. The number of rotatable bonds is 6. The average molecular weight is 803 g/mol. The third-order valence-electron chi connectivity index (χ3n) is 12.6. The van der Waals surface area contributed by atoms with E-state index in [9.17, 15) is 10.5 Å². The maximum Gasteiger partial charge on any atom is 0.162 e. The summed E-state index contributed by atoms with van der Waals surface area (Å²) < 4.78 is 2.33. The van der Waals surface area contributed by atoms with Crippen LogP contribution in [-0.4, -0.2) is 14.5 Å². The lowest BCUT2D eigenvalue weighted by molar-refractivity contribution is 0.800. The summed E-state index contributed by atoms with van der Waals surface area (Å²) in [5.74, 6) is 1.34. The Morgan fingerprint density at radius 2 is 1.02 bits per heavy atom. The number of anilines is 3. The van der Waals surface area contributed by atoms with Gasteiger partial charge in [0.2, 0.25) is 0 Å². The lowest BCUT2D eigenvalue weighted by Gasteiger charge is -2.30. The van der Waals surface area contributed by atoms with E-state index >= 15 is 0 Å². The van der Waals surface area contributed by atoms with E-state index < -0.39 is 5.41 Å². The first kappa shape index (κ1) is 36.0. The van der Waals surface area contributed by atoms with Crippen LogP contribution in [0.1, 0.15) is 33.4 Å². The Kier molecular flexibility index (Phi) is 8.09. The first-order valence-electron chi connectivity index (χ1n) is 20.9. The predicted molar refractivity (Wildman–Crippen MR) is 250 cm³/mol. The molecular weight excluding hydrogens is 769 g/mol. The summed E-state index contributed by atoms with van der Waals surface area (Å²) in [4.78, 5) is 13.0. The van der Waals surface area contributed by atoms with E-state index in [1.54, 1.807) is 0 Å². The summed E-state index contributed by atoms with van der Waals surface area (Å²) in [6, 6.07) is 75.7. The van der Waals surface area contributed by atoms with Gasteiger partial charge >= 0.3 is 0 Å². The Balaban J connectivity index is 1.25. The first-order valence-corrected chi connectivity index (χ1v) is 20.9. The minimum absolute atomic E-state index is 0.579. The summed E-state index contributed by atoms with van der Waals surface area (Å²) >= 11 is 0. The molecule has 2 aliphatic rings. The molecule has 63 heavy (non-hydrogen) atoms. The minimum atomic E-state index is -0.864. The second kappa shape index (κ2) is 14.1. The summed E-state index contributed by atoms with van der Waals surface area (Å²) in [7, 11) is 0. The highest BCUT2D eigenvalue weighted by Crippen LogP contribution is 2.65. The second-order valence-corrected chi connectivity index (χ2v) is 16.0. The van der Waals surface area contributed by atoms with E-state index in [2.05, 4.69) is 167 Å². The fourth-order valence-corrected chi connectivity index (χ4v) is 10.1. The van der Waals surface area contributed by atoms with Gasteiger partial charge in [0.25, 0.3) is 0 Å². The monoisotopic (exact) mass is 802 g/mol. The van der Waals surface area contributed by atoms with E-state index in [4.69, 9.17) is 9.97 Å². The molecule has 6 nitrogen and oxygen atoms in total. The molecule has 0 fully saturated rings. The lowest BCUT2D eigenvalue weighted by Crippen LogP contribution is -2.26. The zero-order chi connectivity index (χ0) is 42.1. The van der Waals surface area contributed by atoms with Crippen molar-refractivity contribution in [2.75, 3.05) is 4.90 Å². The van der Waals surface area contributed by atoms with E-state index in [0.717, 1.165) is 95.2 Å².